The van der Waals surface area contributed by atoms with Crippen LogP contribution in [0.4, 0.5) is 0 Å². The van der Waals surface area contributed by atoms with Gasteiger partial charge in [0.2, 0.25) is 10.0 Å². The average Bonchev–Trinajstić information content (AvgIpc) is 3.38. The third-order valence-corrected chi connectivity index (χ3v) is 5.48. The predicted molar refractivity (Wildman–Crippen MR) is 92.2 cm³/mol. The van der Waals surface area contributed by atoms with Crippen LogP contribution in [-0.2, 0) is 16.6 Å². The molecule has 0 amide bonds. The number of pyridine rings is 1. The topological polar surface area (TPSA) is 50.3 Å². The molecule has 1 fully saturated rings. The zero-order valence-corrected chi connectivity index (χ0v) is 14.0. The Bertz CT molecular complexity index is 785. The quantitative estimate of drug-likeness (QED) is 0.799. The van der Waals surface area contributed by atoms with Gasteiger partial charge in [-0.2, -0.15) is 4.31 Å². The highest BCUT2D eigenvalue weighted by Crippen LogP contribution is 2.31. The molecule has 0 aliphatic heterocycles. The van der Waals surface area contributed by atoms with Gasteiger partial charge >= 0.3 is 0 Å². The fourth-order valence-electron chi connectivity index (χ4n) is 2.27. The second-order valence-corrected chi connectivity index (χ2v) is 7.74. The maximum atomic E-state index is 12.7. The number of halogens is 1. The van der Waals surface area contributed by atoms with Crippen molar-refractivity contribution < 1.29 is 8.42 Å². The summed E-state index contributed by atoms with van der Waals surface area (Å²) in [6.45, 7) is 0.375. The van der Waals surface area contributed by atoms with Crippen molar-refractivity contribution in [3.8, 4) is 0 Å². The molecule has 0 radical (unpaired) electrons. The van der Waals surface area contributed by atoms with Gasteiger partial charge in [-0.1, -0.05) is 23.7 Å². The van der Waals surface area contributed by atoms with E-state index in [1.807, 2.05) is 12.1 Å². The lowest BCUT2D eigenvalue weighted by molar-refractivity contribution is 0.405. The van der Waals surface area contributed by atoms with Gasteiger partial charge in [0, 0.05) is 35.4 Å². The zero-order valence-electron chi connectivity index (χ0n) is 12.5. The molecule has 0 saturated heterocycles. The lowest BCUT2D eigenvalue weighted by Gasteiger charge is -2.19. The van der Waals surface area contributed by atoms with Gasteiger partial charge in [-0.05, 0) is 54.3 Å². The van der Waals surface area contributed by atoms with Crippen molar-refractivity contribution in [2.24, 2.45) is 0 Å². The second kappa shape index (κ2) is 6.83. The van der Waals surface area contributed by atoms with Crippen LogP contribution in [0.1, 0.15) is 24.0 Å². The van der Waals surface area contributed by atoms with Crippen molar-refractivity contribution in [2.75, 3.05) is 0 Å². The summed E-state index contributed by atoms with van der Waals surface area (Å²) in [4.78, 5) is 3.97. The molecular weight excluding hydrogens is 332 g/mol. The number of sulfonamides is 1. The summed E-state index contributed by atoms with van der Waals surface area (Å²) in [6.07, 6.45) is 6.79. The first-order valence-electron chi connectivity index (χ1n) is 7.39. The summed E-state index contributed by atoms with van der Waals surface area (Å²) < 4.78 is 26.9. The van der Waals surface area contributed by atoms with E-state index in [0.717, 1.165) is 24.0 Å². The third kappa shape index (κ3) is 4.41. The lowest BCUT2D eigenvalue weighted by Crippen LogP contribution is -2.31. The van der Waals surface area contributed by atoms with E-state index in [1.165, 1.54) is 5.41 Å². The Balaban J connectivity index is 1.79. The van der Waals surface area contributed by atoms with Crippen LogP contribution < -0.4 is 0 Å². The summed E-state index contributed by atoms with van der Waals surface area (Å²) in [5.41, 5.74) is 1.74. The molecule has 0 bridgehead atoms. The number of hydrogen-bond acceptors (Lipinski definition) is 3. The minimum Gasteiger partial charge on any atom is -0.265 e. The second-order valence-electron chi connectivity index (χ2n) is 5.53. The van der Waals surface area contributed by atoms with Gasteiger partial charge < -0.3 is 0 Å². The standard InChI is InChI=1S/C17H17ClN2O2S/c18-16-3-1-14(2-4-16)9-12-23(21,22)20(17-5-6-17)13-15-7-10-19-11-8-15/h1-4,7-12,17H,5-6,13H2/b12-9+. The molecule has 1 aliphatic carbocycles. The highest BCUT2D eigenvalue weighted by Gasteiger charge is 2.35. The summed E-state index contributed by atoms with van der Waals surface area (Å²) >= 11 is 5.84. The summed E-state index contributed by atoms with van der Waals surface area (Å²) in [6, 6.07) is 10.8. The van der Waals surface area contributed by atoms with E-state index in [1.54, 1.807) is 47.0 Å². The Morgan fingerprint density at radius 3 is 2.39 bits per heavy atom. The van der Waals surface area contributed by atoms with Crippen molar-refractivity contribution in [2.45, 2.75) is 25.4 Å². The van der Waals surface area contributed by atoms with Crippen molar-refractivity contribution in [1.29, 1.82) is 0 Å². The fourth-order valence-corrected chi connectivity index (χ4v) is 3.84. The molecule has 4 nitrogen and oxygen atoms in total. The molecule has 3 rings (SSSR count). The average molecular weight is 349 g/mol. The van der Waals surface area contributed by atoms with E-state index in [-0.39, 0.29) is 6.04 Å². The van der Waals surface area contributed by atoms with Crippen molar-refractivity contribution in [3.63, 3.8) is 0 Å². The molecule has 1 saturated carbocycles. The van der Waals surface area contributed by atoms with Crippen molar-refractivity contribution >= 4 is 27.7 Å². The van der Waals surface area contributed by atoms with Gasteiger partial charge in [0.05, 0.1) is 0 Å². The van der Waals surface area contributed by atoms with Crippen LogP contribution in [0.3, 0.4) is 0 Å². The minimum absolute atomic E-state index is 0.100. The first-order chi connectivity index (χ1) is 11.0. The molecule has 0 N–H and O–H groups in total. The molecule has 1 aromatic heterocycles. The zero-order chi connectivity index (χ0) is 16.3. The van der Waals surface area contributed by atoms with Crippen LogP contribution in [-0.4, -0.2) is 23.7 Å². The smallest absolute Gasteiger partial charge is 0.236 e. The largest absolute Gasteiger partial charge is 0.265 e. The van der Waals surface area contributed by atoms with E-state index < -0.39 is 10.0 Å². The number of benzene rings is 1. The Morgan fingerprint density at radius 2 is 1.78 bits per heavy atom. The number of rotatable bonds is 6. The van der Waals surface area contributed by atoms with E-state index in [0.29, 0.717) is 11.6 Å². The molecule has 120 valence electrons. The van der Waals surface area contributed by atoms with E-state index >= 15 is 0 Å². The van der Waals surface area contributed by atoms with Crippen molar-refractivity contribution in [3.05, 3.63) is 70.3 Å². The Hall–Kier alpha value is -1.69. The number of hydrogen-bond donors (Lipinski definition) is 0. The van der Waals surface area contributed by atoms with E-state index in [2.05, 4.69) is 4.98 Å². The molecule has 6 heteroatoms. The van der Waals surface area contributed by atoms with Crippen LogP contribution in [0, 0.1) is 0 Å². The molecule has 0 unspecified atom stereocenters. The molecule has 1 aromatic carbocycles. The number of nitrogens with zero attached hydrogens (tertiary/aromatic N) is 2. The number of aromatic nitrogens is 1. The monoisotopic (exact) mass is 348 g/mol. The lowest BCUT2D eigenvalue weighted by atomic mass is 10.2. The van der Waals surface area contributed by atoms with Gasteiger partial charge in [0.1, 0.15) is 0 Å². The molecular formula is C17H17ClN2O2S. The Labute approximate surface area is 141 Å². The third-order valence-electron chi connectivity index (χ3n) is 3.67. The van der Waals surface area contributed by atoms with E-state index in [9.17, 15) is 8.42 Å². The summed E-state index contributed by atoms with van der Waals surface area (Å²) in [7, 11) is -3.47. The van der Waals surface area contributed by atoms with Gasteiger partial charge in [-0.25, -0.2) is 8.42 Å². The first kappa shape index (κ1) is 16.2. The molecule has 0 atom stereocenters. The molecule has 0 spiro atoms. The van der Waals surface area contributed by atoms with E-state index in [4.69, 9.17) is 11.6 Å². The highest BCUT2D eigenvalue weighted by atomic mass is 35.5. The van der Waals surface area contributed by atoms with Crippen LogP contribution in [0.15, 0.2) is 54.2 Å². The molecule has 23 heavy (non-hydrogen) atoms. The van der Waals surface area contributed by atoms with Crippen LogP contribution in [0.25, 0.3) is 6.08 Å². The van der Waals surface area contributed by atoms with Gasteiger partial charge in [0.25, 0.3) is 0 Å². The Morgan fingerprint density at radius 1 is 1.13 bits per heavy atom. The fraction of sp³-hybridized carbons (Fsp3) is 0.235. The van der Waals surface area contributed by atoms with Gasteiger partial charge in [-0.15, -0.1) is 0 Å². The maximum absolute atomic E-state index is 12.7. The molecule has 1 aliphatic rings. The summed E-state index contributed by atoms with van der Waals surface area (Å²) in [5.74, 6) is 0. The van der Waals surface area contributed by atoms with Crippen molar-refractivity contribution in [1.82, 2.24) is 9.29 Å². The van der Waals surface area contributed by atoms with Gasteiger partial charge in [0.15, 0.2) is 0 Å². The van der Waals surface area contributed by atoms with Crippen LogP contribution >= 0.6 is 11.6 Å². The van der Waals surface area contributed by atoms with Crippen LogP contribution in [0.2, 0.25) is 5.02 Å². The predicted octanol–water partition coefficient (Wildman–Crippen LogP) is 3.70. The summed E-state index contributed by atoms with van der Waals surface area (Å²) in [5, 5.41) is 1.90. The normalized spacial score (nSPS) is 15.4. The molecule has 2 aromatic rings. The SMILES string of the molecule is O=S(=O)(/C=C/c1ccc(Cl)cc1)N(Cc1ccncc1)C1CC1. The maximum Gasteiger partial charge on any atom is 0.236 e. The van der Waals surface area contributed by atoms with Crippen LogP contribution in [0.5, 0.6) is 0 Å². The molecule has 1 heterocycles. The highest BCUT2D eigenvalue weighted by molar-refractivity contribution is 7.92. The minimum atomic E-state index is -3.47. The Kier molecular flexibility index (Phi) is 4.80. The first-order valence-corrected chi connectivity index (χ1v) is 9.27. The van der Waals surface area contributed by atoms with Gasteiger partial charge in [-0.3, -0.25) is 4.98 Å².